The lowest BCUT2D eigenvalue weighted by molar-refractivity contribution is -0.0247. The molecular weight excluding hydrogens is 306 g/mol. The van der Waals surface area contributed by atoms with Gasteiger partial charge in [-0.05, 0) is 31.9 Å². The van der Waals surface area contributed by atoms with Crippen LogP contribution in [0.5, 0.6) is 0 Å². The van der Waals surface area contributed by atoms with Crippen LogP contribution >= 0.6 is 0 Å². The Kier molecular flexibility index (Phi) is 3.86. The molecule has 24 heavy (non-hydrogen) atoms. The molecule has 3 heterocycles. The molecule has 3 aliphatic rings. The summed E-state index contributed by atoms with van der Waals surface area (Å²) >= 11 is 0. The lowest BCUT2D eigenvalue weighted by atomic mass is 10.1. The summed E-state index contributed by atoms with van der Waals surface area (Å²) in [5, 5.41) is 2.87. The van der Waals surface area contributed by atoms with E-state index in [1.165, 1.54) is 6.34 Å². The Bertz CT molecular complexity index is 715. The second kappa shape index (κ2) is 6.16. The number of nitrogens with zero attached hydrogens (tertiary/aromatic N) is 4. The summed E-state index contributed by atoms with van der Waals surface area (Å²) in [6, 6.07) is 8.76. The van der Waals surface area contributed by atoms with E-state index in [2.05, 4.69) is 27.2 Å². The minimum absolute atomic E-state index is 0.0138. The number of hydrogen-bond acceptors (Lipinski definition) is 6. The third-order valence-electron chi connectivity index (χ3n) is 4.46. The Morgan fingerprint density at radius 2 is 2.08 bits per heavy atom. The van der Waals surface area contributed by atoms with Crippen LogP contribution in [0.3, 0.4) is 0 Å². The highest BCUT2D eigenvalue weighted by molar-refractivity contribution is 6.11. The third-order valence-corrected chi connectivity index (χ3v) is 4.46. The minimum atomic E-state index is -0.304. The molecule has 1 aromatic rings. The number of hydrogen-bond donors (Lipinski definition) is 1. The molecule has 0 aliphatic carbocycles. The molecule has 1 aromatic carbocycles. The first-order chi connectivity index (χ1) is 11.7. The predicted octanol–water partition coefficient (Wildman–Crippen LogP) is 1.42. The summed E-state index contributed by atoms with van der Waals surface area (Å²) in [7, 11) is 0. The first-order valence-electron chi connectivity index (χ1n) is 8.14. The molecule has 0 spiro atoms. The van der Waals surface area contributed by atoms with Crippen molar-refractivity contribution < 1.29 is 9.53 Å². The number of nitrogens with one attached hydrogen (secondary N) is 1. The fraction of sp³-hybridized carbons (Fsp3) is 0.412. The van der Waals surface area contributed by atoms with E-state index in [9.17, 15) is 4.79 Å². The minimum Gasteiger partial charge on any atom is -0.355 e. The molecule has 0 bridgehead atoms. The summed E-state index contributed by atoms with van der Waals surface area (Å²) < 4.78 is 5.91. The van der Waals surface area contributed by atoms with Crippen LogP contribution in [-0.2, 0) is 4.74 Å². The molecule has 4 unspecified atom stereocenters. The molecule has 0 aromatic heterocycles. The van der Waals surface area contributed by atoms with Crippen molar-refractivity contribution in [2.75, 3.05) is 0 Å². The third kappa shape index (κ3) is 2.71. The fourth-order valence-electron chi connectivity index (χ4n) is 3.20. The van der Waals surface area contributed by atoms with Crippen LogP contribution in [0, 0.1) is 0 Å². The number of amidine groups is 1. The number of carbonyl (C=O) groups is 1. The van der Waals surface area contributed by atoms with Crippen molar-refractivity contribution in [1.29, 1.82) is 0 Å². The monoisotopic (exact) mass is 325 g/mol. The van der Waals surface area contributed by atoms with Crippen LogP contribution in [0.25, 0.3) is 0 Å². The maximum Gasteiger partial charge on any atom is 0.256 e. The summed E-state index contributed by atoms with van der Waals surface area (Å²) in [5.74, 6) is 0.330. The fourth-order valence-corrected chi connectivity index (χ4v) is 3.20. The zero-order chi connectivity index (χ0) is 16.5. The van der Waals surface area contributed by atoms with E-state index in [0.717, 1.165) is 12.8 Å². The van der Waals surface area contributed by atoms with Crippen LogP contribution in [-0.4, -0.2) is 53.9 Å². The zero-order valence-corrected chi connectivity index (χ0v) is 13.4. The molecule has 0 saturated carbocycles. The van der Waals surface area contributed by atoms with Gasteiger partial charge in [-0.1, -0.05) is 18.2 Å². The van der Waals surface area contributed by atoms with Gasteiger partial charge in [0.1, 0.15) is 18.4 Å². The SMILES string of the molecule is CC1CCC(N2C=NC3C(NC(=O)c4ccccc4)=NC=NC32)O1. The maximum absolute atomic E-state index is 12.4. The number of ether oxygens (including phenoxy) is 1. The Morgan fingerprint density at radius 1 is 1.25 bits per heavy atom. The van der Waals surface area contributed by atoms with E-state index in [-0.39, 0.29) is 30.4 Å². The molecule has 124 valence electrons. The normalized spacial score (nSPS) is 31.0. The Balaban J connectivity index is 1.47. The van der Waals surface area contributed by atoms with Crippen molar-refractivity contribution in [3.05, 3.63) is 35.9 Å². The number of aliphatic imine (C=N–C) groups is 3. The average molecular weight is 325 g/mol. The van der Waals surface area contributed by atoms with Crippen LogP contribution in [0.15, 0.2) is 45.3 Å². The number of fused-ring (bicyclic) bond motifs is 1. The molecule has 1 fully saturated rings. The van der Waals surface area contributed by atoms with Gasteiger partial charge in [0.15, 0.2) is 12.2 Å². The van der Waals surface area contributed by atoms with Gasteiger partial charge in [0.2, 0.25) is 0 Å². The Morgan fingerprint density at radius 3 is 2.83 bits per heavy atom. The van der Waals surface area contributed by atoms with E-state index in [1.807, 2.05) is 23.1 Å². The van der Waals surface area contributed by atoms with E-state index >= 15 is 0 Å². The van der Waals surface area contributed by atoms with Crippen molar-refractivity contribution in [3.63, 3.8) is 0 Å². The molecular formula is C17H19N5O2. The van der Waals surface area contributed by atoms with Crippen molar-refractivity contribution in [3.8, 4) is 0 Å². The molecule has 7 heteroatoms. The molecule has 4 rings (SSSR count). The second-order valence-electron chi connectivity index (χ2n) is 6.15. The highest BCUT2D eigenvalue weighted by Crippen LogP contribution is 2.28. The van der Waals surface area contributed by atoms with Gasteiger partial charge in [-0.15, -0.1) is 0 Å². The van der Waals surface area contributed by atoms with E-state index < -0.39 is 0 Å². The van der Waals surface area contributed by atoms with E-state index in [4.69, 9.17) is 4.74 Å². The quantitative estimate of drug-likeness (QED) is 0.893. The molecule has 7 nitrogen and oxygen atoms in total. The zero-order valence-electron chi connectivity index (χ0n) is 13.4. The number of carbonyl (C=O) groups excluding carboxylic acids is 1. The van der Waals surface area contributed by atoms with Gasteiger partial charge in [-0.25, -0.2) is 9.98 Å². The van der Waals surface area contributed by atoms with E-state index in [0.29, 0.717) is 11.4 Å². The van der Waals surface area contributed by atoms with Crippen molar-refractivity contribution >= 4 is 24.4 Å². The van der Waals surface area contributed by atoms with Crippen molar-refractivity contribution in [2.45, 2.75) is 44.3 Å². The highest BCUT2D eigenvalue weighted by Gasteiger charge is 2.41. The maximum atomic E-state index is 12.4. The van der Waals surface area contributed by atoms with Crippen molar-refractivity contribution in [1.82, 2.24) is 10.2 Å². The molecule has 1 saturated heterocycles. The van der Waals surface area contributed by atoms with Crippen LogP contribution in [0.4, 0.5) is 0 Å². The molecule has 3 aliphatic heterocycles. The lowest BCUT2D eigenvalue weighted by Gasteiger charge is -2.31. The summed E-state index contributed by atoms with van der Waals surface area (Å²) in [6.07, 6.45) is 5.27. The highest BCUT2D eigenvalue weighted by atomic mass is 16.5. The first kappa shape index (κ1) is 15.0. The molecule has 1 N–H and O–H groups in total. The lowest BCUT2D eigenvalue weighted by Crippen LogP contribution is -2.50. The summed E-state index contributed by atoms with van der Waals surface area (Å²) in [4.78, 5) is 27.5. The van der Waals surface area contributed by atoms with Gasteiger partial charge in [0, 0.05) is 5.56 Å². The Hall–Kier alpha value is -2.54. The van der Waals surface area contributed by atoms with Gasteiger partial charge >= 0.3 is 0 Å². The number of amides is 1. The molecule has 1 amide bonds. The first-order valence-corrected chi connectivity index (χ1v) is 8.14. The summed E-state index contributed by atoms with van der Waals surface area (Å²) in [5.41, 5.74) is 0.589. The Labute approximate surface area is 140 Å². The van der Waals surface area contributed by atoms with Gasteiger partial charge in [-0.3, -0.25) is 9.79 Å². The van der Waals surface area contributed by atoms with Gasteiger partial charge in [0.25, 0.3) is 5.91 Å². The van der Waals surface area contributed by atoms with Gasteiger partial charge < -0.3 is 15.0 Å². The number of rotatable bonds is 2. The van der Waals surface area contributed by atoms with E-state index in [1.54, 1.807) is 18.5 Å². The molecule has 4 atom stereocenters. The topological polar surface area (TPSA) is 78.7 Å². The largest absolute Gasteiger partial charge is 0.355 e. The average Bonchev–Trinajstić information content (AvgIpc) is 3.22. The number of benzene rings is 1. The standard InChI is InChI=1S/C17H19N5O2/c1-11-7-8-13(24-11)22-10-20-14-15(18-9-19-16(14)22)21-17(23)12-5-3-2-4-6-12/h2-6,9-11,13-14,16H,7-8H2,1H3,(H,18,19,21,23). The van der Waals surface area contributed by atoms with Gasteiger partial charge in [0.05, 0.1) is 12.4 Å². The predicted molar refractivity (Wildman–Crippen MR) is 91.3 cm³/mol. The smallest absolute Gasteiger partial charge is 0.256 e. The summed E-state index contributed by atoms with van der Waals surface area (Å²) in [6.45, 7) is 2.07. The van der Waals surface area contributed by atoms with Crippen LogP contribution in [0.1, 0.15) is 30.1 Å². The van der Waals surface area contributed by atoms with Crippen molar-refractivity contribution in [2.24, 2.45) is 15.0 Å². The van der Waals surface area contributed by atoms with Crippen LogP contribution < -0.4 is 5.32 Å². The second-order valence-corrected chi connectivity index (χ2v) is 6.15. The molecule has 0 radical (unpaired) electrons. The van der Waals surface area contributed by atoms with Gasteiger partial charge in [-0.2, -0.15) is 0 Å². The van der Waals surface area contributed by atoms with Crippen LogP contribution in [0.2, 0.25) is 0 Å².